The van der Waals surface area contributed by atoms with Crippen LogP contribution in [0.5, 0.6) is 5.75 Å². The molecule has 2 heterocycles. The van der Waals surface area contributed by atoms with Crippen LogP contribution in [0.25, 0.3) is 0 Å². The molecule has 0 unspecified atom stereocenters. The van der Waals surface area contributed by atoms with Gasteiger partial charge in [-0.25, -0.2) is 0 Å². The van der Waals surface area contributed by atoms with E-state index in [-0.39, 0.29) is 0 Å². The number of methoxy groups -OCH3 is 1. The Morgan fingerprint density at radius 3 is 2.75 bits per heavy atom. The van der Waals surface area contributed by atoms with Gasteiger partial charge in [-0.1, -0.05) is 18.2 Å². The zero-order chi connectivity index (χ0) is 16.9. The predicted molar refractivity (Wildman–Crippen MR) is 93.4 cm³/mol. The second-order valence-corrected chi connectivity index (χ2v) is 6.10. The first kappa shape index (κ1) is 16.5. The molecule has 0 bridgehead atoms. The summed E-state index contributed by atoms with van der Waals surface area (Å²) in [7, 11) is 1.66. The third-order valence-electron chi connectivity index (χ3n) is 4.66. The predicted octanol–water partition coefficient (Wildman–Crippen LogP) is 2.25. The van der Waals surface area contributed by atoms with E-state index < -0.39 is 5.91 Å². The number of primary amides is 1. The molecule has 0 spiro atoms. The van der Waals surface area contributed by atoms with Crippen molar-refractivity contribution in [2.75, 3.05) is 20.2 Å². The average Bonchev–Trinajstić information content (AvgIpc) is 2.63. The maximum atomic E-state index is 11.9. The van der Waals surface area contributed by atoms with Crippen molar-refractivity contribution < 1.29 is 9.53 Å². The van der Waals surface area contributed by atoms with Gasteiger partial charge in [-0.15, -0.1) is 0 Å². The number of hydrogen-bond acceptors (Lipinski definition) is 4. The van der Waals surface area contributed by atoms with Gasteiger partial charge in [0.1, 0.15) is 11.4 Å². The number of amides is 1. The SMILES string of the molecule is COc1ccccc1Cc1c(C2CCNCC2)ccnc1C(N)=O. The van der Waals surface area contributed by atoms with E-state index in [2.05, 4.69) is 10.3 Å². The van der Waals surface area contributed by atoms with Crippen LogP contribution in [0.3, 0.4) is 0 Å². The van der Waals surface area contributed by atoms with Crippen LogP contribution in [0.15, 0.2) is 36.5 Å². The number of hydrogen-bond donors (Lipinski definition) is 2. The Balaban J connectivity index is 2.04. The zero-order valence-electron chi connectivity index (χ0n) is 13.9. The quantitative estimate of drug-likeness (QED) is 0.884. The average molecular weight is 325 g/mol. The molecule has 0 radical (unpaired) electrons. The smallest absolute Gasteiger partial charge is 0.267 e. The summed E-state index contributed by atoms with van der Waals surface area (Å²) >= 11 is 0. The van der Waals surface area contributed by atoms with Crippen molar-refractivity contribution in [2.24, 2.45) is 5.73 Å². The first-order valence-corrected chi connectivity index (χ1v) is 8.31. The van der Waals surface area contributed by atoms with E-state index in [1.54, 1.807) is 13.3 Å². The fourth-order valence-corrected chi connectivity index (χ4v) is 3.46. The van der Waals surface area contributed by atoms with Crippen LogP contribution in [-0.4, -0.2) is 31.1 Å². The Hall–Kier alpha value is -2.40. The van der Waals surface area contributed by atoms with Crippen LogP contribution in [0.4, 0.5) is 0 Å². The summed E-state index contributed by atoms with van der Waals surface area (Å²) in [5.41, 5.74) is 9.12. The van der Waals surface area contributed by atoms with E-state index in [1.807, 2.05) is 30.3 Å². The Bertz CT molecular complexity index is 724. The number of rotatable bonds is 5. The van der Waals surface area contributed by atoms with E-state index in [1.165, 1.54) is 5.56 Å². The standard InChI is InChI=1S/C19H23N3O2/c1-24-17-5-3-2-4-14(17)12-16-15(13-6-9-21-10-7-13)8-11-22-18(16)19(20)23/h2-5,8,11,13,21H,6-7,9-10,12H2,1H3,(H2,20,23). The molecule has 1 aliphatic rings. The number of para-hydroxylation sites is 1. The van der Waals surface area contributed by atoms with Crippen LogP contribution < -0.4 is 15.8 Å². The van der Waals surface area contributed by atoms with Crippen molar-refractivity contribution in [1.82, 2.24) is 10.3 Å². The van der Waals surface area contributed by atoms with Crippen LogP contribution in [0.2, 0.25) is 0 Å². The molecular weight excluding hydrogens is 302 g/mol. The highest BCUT2D eigenvalue weighted by molar-refractivity contribution is 5.92. The lowest BCUT2D eigenvalue weighted by Crippen LogP contribution is -2.28. The summed E-state index contributed by atoms with van der Waals surface area (Å²) in [5, 5.41) is 3.38. The van der Waals surface area contributed by atoms with Crippen molar-refractivity contribution in [3.05, 3.63) is 58.9 Å². The summed E-state index contributed by atoms with van der Waals surface area (Å²) in [4.78, 5) is 16.2. The second-order valence-electron chi connectivity index (χ2n) is 6.10. The first-order chi connectivity index (χ1) is 11.7. The fraction of sp³-hybridized carbons (Fsp3) is 0.368. The lowest BCUT2D eigenvalue weighted by molar-refractivity contribution is 0.0994. The van der Waals surface area contributed by atoms with Gasteiger partial charge in [0, 0.05) is 12.6 Å². The molecule has 1 aromatic heterocycles. The summed E-state index contributed by atoms with van der Waals surface area (Å²) in [6, 6.07) is 9.90. The molecule has 1 fully saturated rings. The number of piperidine rings is 1. The molecule has 0 atom stereocenters. The van der Waals surface area contributed by atoms with Gasteiger partial charge in [-0.2, -0.15) is 0 Å². The molecule has 1 aromatic carbocycles. The molecule has 126 valence electrons. The molecule has 0 aliphatic carbocycles. The van der Waals surface area contributed by atoms with E-state index >= 15 is 0 Å². The van der Waals surface area contributed by atoms with Crippen LogP contribution in [0, 0.1) is 0 Å². The summed E-state index contributed by atoms with van der Waals surface area (Å²) in [6.07, 6.45) is 4.40. The van der Waals surface area contributed by atoms with Crippen molar-refractivity contribution in [1.29, 1.82) is 0 Å². The first-order valence-electron chi connectivity index (χ1n) is 8.31. The minimum atomic E-state index is -0.476. The molecule has 1 saturated heterocycles. The van der Waals surface area contributed by atoms with Gasteiger partial charge < -0.3 is 15.8 Å². The topological polar surface area (TPSA) is 77.2 Å². The van der Waals surface area contributed by atoms with Gasteiger partial charge in [-0.05, 0) is 60.7 Å². The van der Waals surface area contributed by atoms with Gasteiger partial charge in [0.25, 0.3) is 5.91 Å². The van der Waals surface area contributed by atoms with Crippen molar-refractivity contribution in [3.63, 3.8) is 0 Å². The molecule has 0 saturated carbocycles. The van der Waals surface area contributed by atoms with E-state index in [9.17, 15) is 4.79 Å². The number of carbonyl (C=O) groups excluding carboxylic acids is 1. The molecule has 5 heteroatoms. The van der Waals surface area contributed by atoms with E-state index in [0.717, 1.165) is 42.8 Å². The molecule has 2 aromatic rings. The summed E-state index contributed by atoms with van der Waals surface area (Å²) in [5.74, 6) is 0.765. The second kappa shape index (κ2) is 7.45. The number of nitrogens with one attached hydrogen (secondary N) is 1. The van der Waals surface area contributed by atoms with Crippen molar-refractivity contribution in [2.45, 2.75) is 25.2 Å². The molecule has 3 N–H and O–H groups in total. The van der Waals surface area contributed by atoms with Crippen LogP contribution in [0.1, 0.15) is 45.9 Å². The number of aromatic nitrogens is 1. The van der Waals surface area contributed by atoms with E-state index in [4.69, 9.17) is 10.5 Å². The number of pyridine rings is 1. The summed E-state index contributed by atoms with van der Waals surface area (Å²) in [6.45, 7) is 1.99. The third-order valence-corrected chi connectivity index (χ3v) is 4.66. The normalized spacial score (nSPS) is 15.2. The Kier molecular flexibility index (Phi) is 5.11. The summed E-state index contributed by atoms with van der Waals surface area (Å²) < 4.78 is 5.46. The monoisotopic (exact) mass is 325 g/mol. The number of nitrogens with zero attached hydrogens (tertiary/aromatic N) is 1. The van der Waals surface area contributed by atoms with Gasteiger partial charge in [0.2, 0.25) is 0 Å². The number of benzene rings is 1. The maximum Gasteiger partial charge on any atom is 0.267 e. The Morgan fingerprint density at radius 1 is 1.29 bits per heavy atom. The number of ether oxygens (including phenoxy) is 1. The third kappa shape index (κ3) is 3.41. The number of carbonyl (C=O) groups is 1. The molecule has 5 nitrogen and oxygen atoms in total. The van der Waals surface area contributed by atoms with Gasteiger partial charge in [0.05, 0.1) is 7.11 Å². The minimum Gasteiger partial charge on any atom is -0.496 e. The lowest BCUT2D eigenvalue weighted by atomic mass is 9.85. The highest BCUT2D eigenvalue weighted by Gasteiger charge is 2.23. The van der Waals surface area contributed by atoms with Crippen molar-refractivity contribution >= 4 is 5.91 Å². The zero-order valence-corrected chi connectivity index (χ0v) is 13.9. The van der Waals surface area contributed by atoms with Gasteiger partial charge in [0.15, 0.2) is 0 Å². The molecule has 1 aliphatic heterocycles. The Morgan fingerprint density at radius 2 is 2.04 bits per heavy atom. The van der Waals surface area contributed by atoms with Gasteiger partial charge >= 0.3 is 0 Å². The minimum absolute atomic E-state index is 0.372. The molecular formula is C19H23N3O2. The van der Waals surface area contributed by atoms with Gasteiger partial charge in [-0.3, -0.25) is 9.78 Å². The van der Waals surface area contributed by atoms with Crippen LogP contribution in [-0.2, 0) is 6.42 Å². The fourth-order valence-electron chi connectivity index (χ4n) is 3.46. The molecule has 24 heavy (non-hydrogen) atoms. The van der Waals surface area contributed by atoms with Crippen molar-refractivity contribution in [3.8, 4) is 5.75 Å². The largest absolute Gasteiger partial charge is 0.496 e. The highest BCUT2D eigenvalue weighted by atomic mass is 16.5. The molecule has 1 amide bonds. The molecule has 3 rings (SSSR count). The highest BCUT2D eigenvalue weighted by Crippen LogP contribution is 2.32. The maximum absolute atomic E-state index is 11.9. The Labute approximate surface area is 142 Å². The lowest BCUT2D eigenvalue weighted by Gasteiger charge is -2.26. The number of nitrogens with two attached hydrogens (primary N) is 1. The van der Waals surface area contributed by atoms with E-state index in [0.29, 0.717) is 18.0 Å². The van der Waals surface area contributed by atoms with Crippen LogP contribution >= 0.6 is 0 Å².